The first-order chi connectivity index (χ1) is 8.61. The monoisotopic (exact) mass is 255 g/mol. The Morgan fingerprint density at radius 3 is 2.39 bits per heavy atom. The van der Waals surface area contributed by atoms with Crippen LogP contribution in [0.25, 0.3) is 0 Å². The lowest BCUT2D eigenvalue weighted by Crippen LogP contribution is -2.44. The number of hydrogen-bond donors (Lipinski definition) is 0. The minimum atomic E-state index is -0.696. The molecule has 7 nitrogen and oxygen atoms in total. The fraction of sp³-hybridized carbons (Fsp3) is 0.545. The topological polar surface area (TPSA) is 82.1 Å². The minimum absolute atomic E-state index is 0.0263. The van der Waals surface area contributed by atoms with Crippen molar-refractivity contribution < 1.29 is 28.6 Å². The highest BCUT2D eigenvalue weighted by Gasteiger charge is 2.32. The molecule has 0 N–H and O–H groups in total. The van der Waals surface area contributed by atoms with Crippen LogP contribution in [0, 0.1) is 5.92 Å². The average molecular weight is 255 g/mol. The summed E-state index contributed by atoms with van der Waals surface area (Å²) in [6.07, 6.45) is 1.70. The number of methoxy groups -OCH3 is 1. The molecule has 2 heterocycles. The summed E-state index contributed by atoms with van der Waals surface area (Å²) in [6.45, 7) is 0.334. The normalized spacial score (nSPS) is 27.7. The van der Waals surface area contributed by atoms with Crippen molar-refractivity contribution in [3.63, 3.8) is 0 Å². The summed E-state index contributed by atoms with van der Waals surface area (Å²) < 4.78 is 15.1. The second kappa shape index (κ2) is 5.28. The van der Waals surface area contributed by atoms with Gasteiger partial charge in [-0.25, -0.2) is 0 Å². The molecule has 2 aliphatic heterocycles. The van der Waals surface area contributed by atoms with Crippen LogP contribution in [0.4, 0.5) is 0 Å². The standard InChI is InChI=1S/C11H13NO6/c1-16-11(15)7-5-17-10(18-6-7)4-12-8(13)2-3-9(12)14/h2-3,7,10H,4-6H2,1H3. The molecule has 7 heteroatoms. The van der Waals surface area contributed by atoms with Gasteiger partial charge in [-0.3, -0.25) is 19.3 Å². The molecule has 1 saturated heterocycles. The summed E-state index contributed by atoms with van der Waals surface area (Å²) in [6, 6.07) is 0. The zero-order chi connectivity index (χ0) is 13.1. The van der Waals surface area contributed by atoms with Crippen molar-refractivity contribution >= 4 is 17.8 Å². The summed E-state index contributed by atoms with van der Waals surface area (Å²) in [5.74, 6) is -1.64. The van der Waals surface area contributed by atoms with Crippen LogP contribution in [0.3, 0.4) is 0 Å². The minimum Gasteiger partial charge on any atom is -0.469 e. The van der Waals surface area contributed by atoms with Gasteiger partial charge in [-0.1, -0.05) is 0 Å². The van der Waals surface area contributed by atoms with E-state index in [1.165, 1.54) is 19.3 Å². The third kappa shape index (κ3) is 2.57. The Kier molecular flexibility index (Phi) is 3.73. The summed E-state index contributed by atoms with van der Waals surface area (Å²) in [4.78, 5) is 34.9. The quantitative estimate of drug-likeness (QED) is 0.479. The number of rotatable bonds is 3. The Morgan fingerprint density at radius 1 is 1.33 bits per heavy atom. The second-order valence-electron chi connectivity index (χ2n) is 3.94. The van der Waals surface area contributed by atoms with Gasteiger partial charge in [0.15, 0.2) is 6.29 Å². The van der Waals surface area contributed by atoms with Gasteiger partial charge in [0.25, 0.3) is 11.8 Å². The maximum atomic E-state index is 11.3. The number of imide groups is 1. The number of esters is 1. The highest BCUT2D eigenvalue weighted by atomic mass is 16.7. The van der Waals surface area contributed by atoms with E-state index in [4.69, 9.17) is 9.47 Å². The van der Waals surface area contributed by atoms with E-state index in [9.17, 15) is 14.4 Å². The predicted molar refractivity (Wildman–Crippen MR) is 57.1 cm³/mol. The molecule has 0 atom stereocenters. The number of ether oxygens (including phenoxy) is 3. The smallest absolute Gasteiger partial charge is 0.313 e. The molecule has 98 valence electrons. The highest BCUT2D eigenvalue weighted by molar-refractivity contribution is 6.12. The van der Waals surface area contributed by atoms with Gasteiger partial charge in [0.2, 0.25) is 0 Å². The molecule has 1 fully saturated rings. The van der Waals surface area contributed by atoms with Crippen LogP contribution in [0.5, 0.6) is 0 Å². The van der Waals surface area contributed by atoms with Crippen molar-refractivity contribution in [2.45, 2.75) is 6.29 Å². The van der Waals surface area contributed by atoms with E-state index in [1.807, 2.05) is 0 Å². The van der Waals surface area contributed by atoms with Crippen LogP contribution >= 0.6 is 0 Å². The summed E-state index contributed by atoms with van der Waals surface area (Å²) in [7, 11) is 1.29. The fourth-order valence-electron chi connectivity index (χ4n) is 1.71. The van der Waals surface area contributed by atoms with Crippen LogP contribution in [0.1, 0.15) is 0 Å². The SMILES string of the molecule is COC(=O)C1COC(CN2C(=O)C=CC2=O)OC1. The Balaban J connectivity index is 1.82. The predicted octanol–water partition coefficient (Wildman–Crippen LogP) is -0.926. The molecule has 0 aromatic rings. The van der Waals surface area contributed by atoms with E-state index in [0.29, 0.717) is 0 Å². The Labute approximate surface area is 103 Å². The maximum Gasteiger partial charge on any atom is 0.313 e. The van der Waals surface area contributed by atoms with Gasteiger partial charge in [0, 0.05) is 12.2 Å². The number of carbonyl (C=O) groups is 3. The molecule has 0 bridgehead atoms. The molecule has 2 aliphatic rings. The van der Waals surface area contributed by atoms with E-state index in [0.717, 1.165) is 4.90 Å². The summed E-state index contributed by atoms with van der Waals surface area (Å²) >= 11 is 0. The van der Waals surface area contributed by atoms with Gasteiger partial charge in [0.05, 0.1) is 26.9 Å². The van der Waals surface area contributed by atoms with Gasteiger partial charge < -0.3 is 14.2 Å². The van der Waals surface area contributed by atoms with Crippen molar-refractivity contribution in [3.8, 4) is 0 Å². The van der Waals surface area contributed by atoms with Gasteiger partial charge in [-0.2, -0.15) is 0 Å². The molecule has 0 saturated carbocycles. The molecule has 2 rings (SSSR count). The molecule has 18 heavy (non-hydrogen) atoms. The largest absolute Gasteiger partial charge is 0.469 e. The first-order valence-electron chi connectivity index (χ1n) is 5.46. The third-order valence-corrected chi connectivity index (χ3v) is 2.73. The van der Waals surface area contributed by atoms with E-state index < -0.39 is 18.2 Å². The fourth-order valence-corrected chi connectivity index (χ4v) is 1.71. The number of amides is 2. The van der Waals surface area contributed by atoms with Crippen molar-refractivity contribution in [1.82, 2.24) is 4.90 Å². The average Bonchev–Trinajstić information content (AvgIpc) is 2.70. The Bertz CT molecular complexity index is 378. The molecule has 0 spiro atoms. The van der Waals surface area contributed by atoms with Gasteiger partial charge in [0.1, 0.15) is 5.92 Å². The van der Waals surface area contributed by atoms with Gasteiger partial charge >= 0.3 is 5.97 Å². The zero-order valence-corrected chi connectivity index (χ0v) is 9.83. The van der Waals surface area contributed by atoms with Crippen molar-refractivity contribution in [2.24, 2.45) is 5.92 Å². The third-order valence-electron chi connectivity index (χ3n) is 2.73. The number of nitrogens with zero attached hydrogens (tertiary/aromatic N) is 1. The van der Waals surface area contributed by atoms with Crippen LogP contribution in [0.15, 0.2) is 12.2 Å². The zero-order valence-electron chi connectivity index (χ0n) is 9.83. The Hall–Kier alpha value is -1.73. The molecular formula is C11H13NO6. The van der Waals surface area contributed by atoms with Crippen LogP contribution in [-0.2, 0) is 28.6 Å². The van der Waals surface area contributed by atoms with E-state index in [1.54, 1.807) is 0 Å². The lowest BCUT2D eigenvalue weighted by Gasteiger charge is -2.29. The molecular weight excluding hydrogens is 242 g/mol. The number of carbonyl (C=O) groups excluding carboxylic acids is 3. The summed E-state index contributed by atoms with van der Waals surface area (Å²) in [5.41, 5.74) is 0. The first kappa shape index (κ1) is 12.7. The lowest BCUT2D eigenvalue weighted by molar-refractivity contribution is -0.213. The molecule has 0 aromatic heterocycles. The molecule has 0 radical (unpaired) electrons. The Morgan fingerprint density at radius 2 is 1.89 bits per heavy atom. The first-order valence-corrected chi connectivity index (χ1v) is 5.46. The molecule has 0 aliphatic carbocycles. The van der Waals surface area contributed by atoms with E-state index >= 15 is 0 Å². The highest BCUT2D eigenvalue weighted by Crippen LogP contribution is 2.15. The molecule has 2 amide bonds. The molecule has 0 aromatic carbocycles. The van der Waals surface area contributed by atoms with Crippen LogP contribution in [-0.4, -0.2) is 55.8 Å². The van der Waals surface area contributed by atoms with Gasteiger partial charge in [-0.05, 0) is 0 Å². The van der Waals surface area contributed by atoms with Crippen molar-refractivity contribution in [3.05, 3.63) is 12.2 Å². The summed E-state index contributed by atoms with van der Waals surface area (Å²) in [5, 5.41) is 0. The van der Waals surface area contributed by atoms with Gasteiger partial charge in [-0.15, -0.1) is 0 Å². The maximum absolute atomic E-state index is 11.3. The van der Waals surface area contributed by atoms with E-state index in [-0.39, 0.29) is 31.6 Å². The van der Waals surface area contributed by atoms with Crippen LogP contribution in [0.2, 0.25) is 0 Å². The lowest BCUT2D eigenvalue weighted by atomic mass is 10.1. The van der Waals surface area contributed by atoms with E-state index in [2.05, 4.69) is 4.74 Å². The number of hydrogen-bond acceptors (Lipinski definition) is 6. The van der Waals surface area contributed by atoms with Crippen molar-refractivity contribution in [2.75, 3.05) is 26.9 Å². The second-order valence-corrected chi connectivity index (χ2v) is 3.94. The van der Waals surface area contributed by atoms with Crippen LogP contribution < -0.4 is 0 Å². The molecule has 0 unspecified atom stereocenters. The van der Waals surface area contributed by atoms with Crippen molar-refractivity contribution in [1.29, 1.82) is 0 Å².